The van der Waals surface area contributed by atoms with E-state index in [1.54, 1.807) is 0 Å². The zero-order valence-electron chi connectivity index (χ0n) is 7.34. The van der Waals surface area contributed by atoms with Crippen molar-refractivity contribution in [2.75, 3.05) is 0 Å². The number of hydrogen-bond donors (Lipinski definition) is 2. The highest BCUT2D eigenvalue weighted by molar-refractivity contribution is 6.58. The molecule has 1 aromatic carbocycles. The van der Waals surface area contributed by atoms with E-state index >= 15 is 0 Å². The van der Waals surface area contributed by atoms with Crippen LogP contribution in [-0.2, 0) is 6.18 Å². The lowest BCUT2D eigenvalue weighted by atomic mass is 9.79. The molecule has 0 amide bonds. The Morgan fingerprint density at radius 1 is 1.21 bits per heavy atom. The van der Waals surface area contributed by atoms with E-state index in [0.29, 0.717) is 0 Å². The smallest absolute Gasteiger partial charge is 0.423 e. The highest BCUT2D eigenvalue weighted by Crippen LogP contribution is 2.30. The van der Waals surface area contributed by atoms with Crippen LogP contribution in [0.15, 0.2) is 18.2 Å². The van der Waals surface area contributed by atoms with Crippen molar-refractivity contribution in [2.24, 2.45) is 0 Å². The van der Waals surface area contributed by atoms with Crippen LogP contribution in [0.4, 0.5) is 13.2 Å². The average Bonchev–Trinajstić information content (AvgIpc) is 2.02. The molecule has 1 aromatic rings. The third-order valence-electron chi connectivity index (χ3n) is 1.87. The van der Waals surface area contributed by atoms with Crippen molar-refractivity contribution in [1.82, 2.24) is 0 Å². The zero-order chi connectivity index (χ0) is 10.9. The van der Waals surface area contributed by atoms with Gasteiger partial charge in [0, 0.05) is 0 Å². The van der Waals surface area contributed by atoms with Gasteiger partial charge in [-0.3, -0.25) is 0 Å². The van der Waals surface area contributed by atoms with Gasteiger partial charge in [0.15, 0.2) is 0 Å². The van der Waals surface area contributed by atoms with Crippen LogP contribution in [0, 0.1) is 6.92 Å². The third kappa shape index (κ3) is 2.27. The van der Waals surface area contributed by atoms with Crippen LogP contribution in [-0.4, -0.2) is 17.2 Å². The van der Waals surface area contributed by atoms with Crippen molar-refractivity contribution < 1.29 is 23.2 Å². The fourth-order valence-electron chi connectivity index (χ4n) is 1.11. The van der Waals surface area contributed by atoms with Crippen LogP contribution in [0.3, 0.4) is 0 Å². The number of aryl methyl sites for hydroxylation is 1. The molecule has 76 valence electrons. The summed E-state index contributed by atoms with van der Waals surface area (Å²) in [5.41, 5.74) is -0.951. The first kappa shape index (κ1) is 11.1. The largest absolute Gasteiger partial charge is 0.488 e. The molecule has 0 atom stereocenters. The van der Waals surface area contributed by atoms with Gasteiger partial charge in [-0.05, 0) is 24.0 Å². The van der Waals surface area contributed by atoms with Gasteiger partial charge in [-0.15, -0.1) is 0 Å². The molecule has 0 spiro atoms. The summed E-state index contributed by atoms with van der Waals surface area (Å²) < 4.78 is 37.0. The van der Waals surface area contributed by atoms with E-state index in [2.05, 4.69) is 0 Å². The molecule has 2 nitrogen and oxygen atoms in total. The van der Waals surface area contributed by atoms with Crippen molar-refractivity contribution in [2.45, 2.75) is 13.1 Å². The van der Waals surface area contributed by atoms with Gasteiger partial charge in [-0.25, -0.2) is 0 Å². The topological polar surface area (TPSA) is 40.5 Å². The van der Waals surface area contributed by atoms with E-state index in [0.717, 1.165) is 6.07 Å². The van der Waals surface area contributed by atoms with E-state index in [1.807, 2.05) is 0 Å². The van der Waals surface area contributed by atoms with Gasteiger partial charge >= 0.3 is 13.3 Å². The maximum absolute atomic E-state index is 12.3. The van der Waals surface area contributed by atoms with Crippen LogP contribution >= 0.6 is 0 Å². The Hall–Kier alpha value is -1.01. The molecule has 0 saturated heterocycles. The molecule has 0 fully saturated rings. The molecule has 6 heteroatoms. The summed E-state index contributed by atoms with van der Waals surface area (Å²) in [7, 11) is -1.88. The zero-order valence-corrected chi connectivity index (χ0v) is 7.34. The molecule has 1 rings (SSSR count). The summed E-state index contributed by atoms with van der Waals surface area (Å²) in [6.07, 6.45) is -4.46. The maximum Gasteiger partial charge on any atom is 0.488 e. The molecule has 0 saturated carbocycles. The van der Waals surface area contributed by atoms with Crippen LogP contribution in [0.1, 0.15) is 11.1 Å². The molecule has 0 bridgehead atoms. The number of rotatable bonds is 1. The summed E-state index contributed by atoms with van der Waals surface area (Å²) in [5, 5.41) is 17.4. The summed E-state index contributed by atoms with van der Waals surface area (Å²) in [6, 6.07) is 3.19. The lowest BCUT2D eigenvalue weighted by Gasteiger charge is -2.11. The van der Waals surface area contributed by atoms with Gasteiger partial charge < -0.3 is 10.0 Å². The summed E-state index contributed by atoms with van der Waals surface area (Å²) in [4.78, 5) is 0. The van der Waals surface area contributed by atoms with Crippen LogP contribution < -0.4 is 5.46 Å². The predicted octanol–water partition coefficient (Wildman–Crippen LogP) is 0.694. The van der Waals surface area contributed by atoms with Gasteiger partial charge in [0.1, 0.15) is 0 Å². The Labute approximate surface area is 79.1 Å². The van der Waals surface area contributed by atoms with E-state index in [9.17, 15) is 13.2 Å². The number of alkyl halides is 3. The molecule has 0 aliphatic carbocycles. The van der Waals surface area contributed by atoms with Crippen LogP contribution in [0.5, 0.6) is 0 Å². The molecular formula is C8H8BF3O2. The average molecular weight is 204 g/mol. The van der Waals surface area contributed by atoms with Gasteiger partial charge in [0.05, 0.1) is 5.56 Å². The SMILES string of the molecule is Cc1ccc(B(O)O)cc1C(F)(F)F. The van der Waals surface area contributed by atoms with Gasteiger partial charge in [-0.2, -0.15) is 13.2 Å². The first-order chi connectivity index (χ1) is 6.32. The monoisotopic (exact) mass is 204 g/mol. The number of benzene rings is 1. The van der Waals surface area contributed by atoms with E-state index in [1.165, 1.54) is 19.1 Å². The number of halogens is 3. The lowest BCUT2D eigenvalue weighted by molar-refractivity contribution is -0.138. The van der Waals surface area contributed by atoms with Crippen LogP contribution in [0.2, 0.25) is 0 Å². The van der Waals surface area contributed by atoms with Crippen molar-refractivity contribution in [1.29, 1.82) is 0 Å². The summed E-state index contributed by atoms with van der Waals surface area (Å²) in [5.74, 6) is 0. The molecule has 0 aromatic heterocycles. The van der Waals surface area contributed by atoms with Crippen molar-refractivity contribution in [3.63, 3.8) is 0 Å². The van der Waals surface area contributed by atoms with E-state index in [4.69, 9.17) is 10.0 Å². The summed E-state index contributed by atoms with van der Waals surface area (Å²) >= 11 is 0. The molecule has 2 N–H and O–H groups in total. The molecule has 0 aliphatic rings. The Kier molecular flexibility index (Phi) is 2.87. The molecular weight excluding hydrogens is 196 g/mol. The highest BCUT2D eigenvalue weighted by Gasteiger charge is 2.33. The van der Waals surface area contributed by atoms with Gasteiger partial charge in [0.25, 0.3) is 0 Å². The van der Waals surface area contributed by atoms with Gasteiger partial charge in [-0.1, -0.05) is 12.1 Å². The lowest BCUT2D eigenvalue weighted by Crippen LogP contribution is -2.31. The second kappa shape index (κ2) is 3.63. The Bertz CT molecular complexity index is 336. The first-order valence-electron chi connectivity index (χ1n) is 3.86. The minimum atomic E-state index is -4.46. The fraction of sp³-hybridized carbons (Fsp3) is 0.250. The minimum Gasteiger partial charge on any atom is -0.423 e. The standard InChI is InChI=1S/C8H8BF3O2/c1-5-2-3-6(9(13)14)4-7(5)8(10,11)12/h2-4,13-14H,1H3. The first-order valence-corrected chi connectivity index (χ1v) is 3.86. The van der Waals surface area contributed by atoms with Gasteiger partial charge in [0.2, 0.25) is 0 Å². The van der Waals surface area contributed by atoms with Crippen molar-refractivity contribution in [3.05, 3.63) is 29.3 Å². The highest BCUT2D eigenvalue weighted by atomic mass is 19.4. The number of hydrogen-bond acceptors (Lipinski definition) is 2. The maximum atomic E-state index is 12.3. The second-order valence-corrected chi connectivity index (χ2v) is 2.95. The third-order valence-corrected chi connectivity index (χ3v) is 1.87. The fourth-order valence-corrected chi connectivity index (χ4v) is 1.11. The molecule has 0 aliphatic heterocycles. The van der Waals surface area contributed by atoms with E-state index < -0.39 is 18.9 Å². The second-order valence-electron chi connectivity index (χ2n) is 2.95. The van der Waals surface area contributed by atoms with E-state index in [-0.39, 0.29) is 11.0 Å². The van der Waals surface area contributed by atoms with Crippen molar-refractivity contribution >= 4 is 12.6 Å². The molecule has 0 unspecified atom stereocenters. The quantitative estimate of drug-likeness (QED) is 0.660. The van der Waals surface area contributed by atoms with Crippen molar-refractivity contribution in [3.8, 4) is 0 Å². The van der Waals surface area contributed by atoms with Crippen LogP contribution in [0.25, 0.3) is 0 Å². The Balaban J connectivity index is 3.22. The normalized spacial score (nSPS) is 11.6. The summed E-state index contributed by atoms with van der Waals surface area (Å²) in [6.45, 7) is 1.32. The Morgan fingerprint density at radius 3 is 2.21 bits per heavy atom. The molecule has 14 heavy (non-hydrogen) atoms. The predicted molar refractivity (Wildman–Crippen MR) is 46.0 cm³/mol. The minimum absolute atomic E-state index is 0.0573. The Morgan fingerprint density at radius 2 is 1.79 bits per heavy atom. The molecule has 0 radical (unpaired) electrons. The molecule has 0 heterocycles.